The number of fused-ring (bicyclic) bond motifs is 1. The van der Waals surface area contributed by atoms with Gasteiger partial charge in [0, 0.05) is 6.07 Å². The minimum absolute atomic E-state index is 0.0499. The summed E-state index contributed by atoms with van der Waals surface area (Å²) in [5.41, 5.74) is -0.165. The van der Waals surface area contributed by atoms with Gasteiger partial charge in [-0.05, 0) is 19.1 Å². The summed E-state index contributed by atoms with van der Waals surface area (Å²) in [4.78, 5) is 16.5. The number of rotatable bonds is 1. The van der Waals surface area contributed by atoms with E-state index in [9.17, 15) is 9.18 Å². The van der Waals surface area contributed by atoms with E-state index < -0.39 is 11.4 Å². The summed E-state index contributed by atoms with van der Waals surface area (Å²) in [5.74, 6) is 0.115. The van der Waals surface area contributed by atoms with Crippen LogP contribution in [0.4, 0.5) is 4.39 Å². The van der Waals surface area contributed by atoms with Gasteiger partial charge in [-0.1, -0.05) is 25.1 Å². The van der Waals surface area contributed by atoms with Crippen LogP contribution in [0.5, 0.6) is 0 Å². The molecule has 3 rings (SSSR count). The fourth-order valence-corrected chi connectivity index (χ4v) is 1.89. The highest BCUT2D eigenvalue weighted by atomic mass is 19.1. The van der Waals surface area contributed by atoms with Crippen LogP contribution in [0.25, 0.3) is 16.7 Å². The quantitative estimate of drug-likeness (QED) is 0.685. The normalized spacial score (nSPS) is 10.2. The molecule has 3 aromatic rings. The first-order valence-corrected chi connectivity index (χ1v) is 6.27. The number of aryl methyl sites for hydroxylation is 1. The van der Waals surface area contributed by atoms with Crippen LogP contribution in [0.2, 0.25) is 0 Å². The van der Waals surface area contributed by atoms with Crippen LogP contribution in [0, 0.1) is 12.7 Å². The van der Waals surface area contributed by atoms with Crippen LogP contribution in [0.3, 0.4) is 0 Å². The molecule has 0 unspecified atom stereocenters. The molecule has 0 aliphatic carbocycles. The van der Waals surface area contributed by atoms with Crippen molar-refractivity contribution >= 4 is 10.9 Å². The molecular weight excluding hydrogens is 261 g/mol. The lowest BCUT2D eigenvalue weighted by Gasteiger charge is -2.07. The van der Waals surface area contributed by atoms with E-state index in [1.165, 1.54) is 29.0 Å². The van der Waals surface area contributed by atoms with Gasteiger partial charge in [0.15, 0.2) is 5.82 Å². The largest absolute Gasteiger partial charge is 0.363 e. The maximum absolute atomic E-state index is 13.7. The lowest BCUT2D eigenvalue weighted by Crippen LogP contribution is -2.23. The van der Waals surface area contributed by atoms with Crippen molar-refractivity contribution in [3.05, 3.63) is 52.5 Å². The van der Waals surface area contributed by atoms with E-state index in [4.69, 9.17) is 0 Å². The highest BCUT2D eigenvalue weighted by Gasteiger charge is 2.14. The summed E-state index contributed by atoms with van der Waals surface area (Å²) < 4.78 is 19.6. The first-order chi connectivity index (χ1) is 9.68. The summed E-state index contributed by atoms with van der Waals surface area (Å²) in [6, 6.07) is 5.86. The van der Waals surface area contributed by atoms with Gasteiger partial charge in [0.1, 0.15) is 23.3 Å². The van der Waals surface area contributed by atoms with Crippen molar-refractivity contribution in [2.75, 3.05) is 0 Å². The van der Waals surface area contributed by atoms with Gasteiger partial charge in [0.05, 0.1) is 5.52 Å². The number of hydrogen-bond acceptors (Lipinski definition) is 4. The standard InChI is InChI=1S/C12H8FN3O2.C2H6/c1-7-14-9-4-2-3-8(13)11(9)12(17)16(7)10-5-6-18-15-10;1-2/h2-6H,1H3;1-2H3. The summed E-state index contributed by atoms with van der Waals surface area (Å²) in [7, 11) is 0. The van der Waals surface area contributed by atoms with Gasteiger partial charge >= 0.3 is 0 Å². The molecule has 104 valence electrons. The van der Waals surface area contributed by atoms with E-state index in [0.717, 1.165) is 0 Å². The van der Waals surface area contributed by atoms with Crippen molar-refractivity contribution in [1.82, 2.24) is 14.7 Å². The van der Waals surface area contributed by atoms with E-state index in [0.29, 0.717) is 11.3 Å². The number of halogens is 1. The SMILES string of the molecule is CC.Cc1nc2cccc(F)c2c(=O)n1-c1ccon1. The molecule has 0 radical (unpaired) electrons. The average Bonchev–Trinajstić information content (AvgIpc) is 2.94. The second-order valence-corrected chi connectivity index (χ2v) is 3.79. The Morgan fingerprint density at radius 3 is 2.65 bits per heavy atom. The smallest absolute Gasteiger partial charge is 0.270 e. The molecule has 5 nitrogen and oxygen atoms in total. The van der Waals surface area contributed by atoms with E-state index in [2.05, 4.69) is 14.7 Å². The topological polar surface area (TPSA) is 60.9 Å². The Morgan fingerprint density at radius 1 is 1.25 bits per heavy atom. The minimum atomic E-state index is -0.595. The van der Waals surface area contributed by atoms with Crippen molar-refractivity contribution in [3.8, 4) is 5.82 Å². The van der Waals surface area contributed by atoms with Gasteiger partial charge in [-0.25, -0.2) is 13.9 Å². The molecule has 0 amide bonds. The van der Waals surface area contributed by atoms with Crippen LogP contribution >= 0.6 is 0 Å². The molecule has 20 heavy (non-hydrogen) atoms. The van der Waals surface area contributed by atoms with Gasteiger partial charge < -0.3 is 4.52 Å². The van der Waals surface area contributed by atoms with Crippen molar-refractivity contribution in [1.29, 1.82) is 0 Å². The highest BCUT2D eigenvalue weighted by Crippen LogP contribution is 2.14. The van der Waals surface area contributed by atoms with E-state index >= 15 is 0 Å². The number of hydrogen-bond donors (Lipinski definition) is 0. The van der Waals surface area contributed by atoms with Crippen molar-refractivity contribution in [2.24, 2.45) is 0 Å². The predicted molar refractivity (Wildman–Crippen MR) is 73.4 cm³/mol. The molecule has 0 aliphatic heterocycles. The Balaban J connectivity index is 0.000000704. The molecule has 0 bridgehead atoms. The molecule has 0 N–H and O–H groups in total. The van der Waals surface area contributed by atoms with Gasteiger partial charge in [-0.15, -0.1) is 0 Å². The monoisotopic (exact) mass is 275 g/mol. The van der Waals surface area contributed by atoms with E-state index in [-0.39, 0.29) is 11.2 Å². The fraction of sp³-hybridized carbons (Fsp3) is 0.214. The molecule has 0 saturated heterocycles. The molecule has 0 fully saturated rings. The number of benzene rings is 1. The summed E-state index contributed by atoms with van der Waals surface area (Å²) in [5, 5.41) is 3.62. The molecule has 0 spiro atoms. The first-order valence-electron chi connectivity index (χ1n) is 6.27. The summed E-state index contributed by atoms with van der Waals surface area (Å²) in [6.07, 6.45) is 1.34. The minimum Gasteiger partial charge on any atom is -0.363 e. The van der Waals surface area contributed by atoms with Crippen LogP contribution in [0.1, 0.15) is 19.7 Å². The molecule has 2 heterocycles. The van der Waals surface area contributed by atoms with Gasteiger partial charge in [0.2, 0.25) is 0 Å². The van der Waals surface area contributed by atoms with Crippen molar-refractivity contribution in [3.63, 3.8) is 0 Å². The van der Waals surface area contributed by atoms with Crippen molar-refractivity contribution < 1.29 is 8.91 Å². The zero-order valence-corrected chi connectivity index (χ0v) is 11.4. The molecule has 2 aromatic heterocycles. The third kappa shape index (κ3) is 2.20. The third-order valence-corrected chi connectivity index (χ3v) is 2.67. The molecule has 0 atom stereocenters. The van der Waals surface area contributed by atoms with Gasteiger partial charge in [0.25, 0.3) is 5.56 Å². The second-order valence-electron chi connectivity index (χ2n) is 3.79. The highest BCUT2D eigenvalue weighted by molar-refractivity contribution is 5.78. The Morgan fingerprint density at radius 2 is 2.00 bits per heavy atom. The number of nitrogens with zero attached hydrogens (tertiary/aromatic N) is 3. The first kappa shape index (κ1) is 13.9. The lowest BCUT2D eigenvalue weighted by molar-refractivity contribution is 0.415. The van der Waals surface area contributed by atoms with Crippen LogP contribution < -0.4 is 5.56 Å². The lowest BCUT2D eigenvalue weighted by atomic mass is 10.2. The second kappa shape index (κ2) is 5.64. The van der Waals surface area contributed by atoms with Crippen LogP contribution in [-0.4, -0.2) is 14.7 Å². The maximum atomic E-state index is 13.7. The third-order valence-electron chi connectivity index (χ3n) is 2.67. The summed E-state index contributed by atoms with van der Waals surface area (Å²) in [6.45, 7) is 5.65. The maximum Gasteiger partial charge on any atom is 0.270 e. The Labute approximate surface area is 114 Å². The number of aromatic nitrogens is 3. The van der Waals surface area contributed by atoms with Crippen molar-refractivity contribution in [2.45, 2.75) is 20.8 Å². The van der Waals surface area contributed by atoms with Gasteiger partial charge in [-0.3, -0.25) is 4.79 Å². The van der Waals surface area contributed by atoms with Crippen LogP contribution in [0.15, 0.2) is 39.8 Å². The molecule has 6 heteroatoms. The van der Waals surface area contributed by atoms with Gasteiger partial charge in [-0.2, -0.15) is 0 Å². The Bertz CT molecular complexity index is 779. The van der Waals surface area contributed by atoms with E-state index in [1.807, 2.05) is 13.8 Å². The molecule has 0 aliphatic rings. The Hall–Kier alpha value is -2.50. The molecule has 1 aromatic carbocycles. The van der Waals surface area contributed by atoms with Crippen LogP contribution in [-0.2, 0) is 0 Å². The summed E-state index contributed by atoms with van der Waals surface area (Å²) >= 11 is 0. The molecule has 0 saturated carbocycles. The van der Waals surface area contributed by atoms with E-state index in [1.54, 1.807) is 13.0 Å². The molecular formula is C14H14FN3O2. The zero-order valence-electron chi connectivity index (χ0n) is 11.4. The fourth-order valence-electron chi connectivity index (χ4n) is 1.89. The average molecular weight is 275 g/mol. The Kier molecular flexibility index (Phi) is 3.93. The predicted octanol–water partition coefficient (Wildman–Crippen LogP) is 2.85. The zero-order chi connectivity index (χ0) is 14.7.